The summed E-state index contributed by atoms with van der Waals surface area (Å²) in [4.78, 5) is 40.3. The van der Waals surface area contributed by atoms with Crippen LogP contribution >= 0.6 is 0 Å². The summed E-state index contributed by atoms with van der Waals surface area (Å²) in [5, 5.41) is 3.05. The highest BCUT2D eigenvalue weighted by Crippen LogP contribution is 2.22. The van der Waals surface area contributed by atoms with Crippen molar-refractivity contribution in [3.05, 3.63) is 70.8 Å². The summed E-state index contributed by atoms with van der Waals surface area (Å²) >= 11 is 0. The van der Waals surface area contributed by atoms with Gasteiger partial charge in [0.25, 0.3) is 11.8 Å². The van der Waals surface area contributed by atoms with Crippen molar-refractivity contribution in [2.45, 2.75) is 13.0 Å². The first-order chi connectivity index (χ1) is 14.5. The molecule has 2 aliphatic heterocycles. The van der Waals surface area contributed by atoms with E-state index in [2.05, 4.69) is 5.32 Å². The summed E-state index contributed by atoms with van der Waals surface area (Å²) < 4.78 is 5.44. The van der Waals surface area contributed by atoms with E-state index >= 15 is 0 Å². The average molecular weight is 408 g/mol. The van der Waals surface area contributed by atoms with Crippen LogP contribution in [0.5, 0.6) is 0 Å². The highest BCUT2D eigenvalue weighted by Gasteiger charge is 2.36. The molecule has 7 nitrogen and oxygen atoms in total. The van der Waals surface area contributed by atoms with Crippen molar-refractivity contribution in [2.75, 3.05) is 39.4 Å². The van der Waals surface area contributed by atoms with Gasteiger partial charge in [0.15, 0.2) is 0 Å². The molecule has 1 fully saturated rings. The quantitative estimate of drug-likeness (QED) is 0.677. The van der Waals surface area contributed by atoms with Crippen molar-refractivity contribution in [3.63, 3.8) is 0 Å². The summed E-state index contributed by atoms with van der Waals surface area (Å²) in [6.07, 6.45) is 0. The van der Waals surface area contributed by atoms with Crippen molar-refractivity contribution >= 4 is 17.7 Å². The van der Waals surface area contributed by atoms with Gasteiger partial charge in [0.05, 0.1) is 24.3 Å². The van der Waals surface area contributed by atoms with Gasteiger partial charge in [-0.3, -0.25) is 19.3 Å². The highest BCUT2D eigenvalue weighted by atomic mass is 16.5. The maximum Gasteiger partial charge on any atom is 0.262 e. The zero-order chi connectivity index (χ0) is 21.1. The Morgan fingerprint density at radius 1 is 1.03 bits per heavy atom. The van der Waals surface area contributed by atoms with Crippen molar-refractivity contribution < 1.29 is 24.0 Å². The number of rotatable bonds is 6. The second kappa shape index (κ2) is 8.77. The van der Waals surface area contributed by atoms with Gasteiger partial charge in [-0.1, -0.05) is 42.0 Å². The predicted octanol–water partition coefficient (Wildman–Crippen LogP) is 0.364. The third kappa shape index (κ3) is 4.27. The van der Waals surface area contributed by atoms with Gasteiger partial charge >= 0.3 is 0 Å². The molecule has 156 valence electrons. The Morgan fingerprint density at radius 2 is 1.63 bits per heavy atom. The minimum absolute atomic E-state index is 0.207. The molecule has 0 saturated carbocycles. The lowest BCUT2D eigenvalue weighted by Crippen LogP contribution is -3.14. The number of amides is 3. The minimum atomic E-state index is -0.420. The monoisotopic (exact) mass is 408 g/mol. The van der Waals surface area contributed by atoms with Gasteiger partial charge in [0.2, 0.25) is 5.91 Å². The molecule has 30 heavy (non-hydrogen) atoms. The van der Waals surface area contributed by atoms with Crippen LogP contribution in [0.15, 0.2) is 48.5 Å². The Morgan fingerprint density at radius 3 is 2.23 bits per heavy atom. The third-order valence-electron chi connectivity index (χ3n) is 5.69. The normalized spacial score (nSPS) is 17.7. The molecule has 1 atom stereocenters. The van der Waals surface area contributed by atoms with E-state index in [0.29, 0.717) is 24.3 Å². The lowest BCUT2D eigenvalue weighted by molar-refractivity contribution is -0.909. The van der Waals surface area contributed by atoms with E-state index in [-0.39, 0.29) is 18.5 Å². The Hall–Kier alpha value is -3.03. The maximum absolute atomic E-state index is 12.8. The molecular weight excluding hydrogens is 382 g/mol. The second-order valence-electron chi connectivity index (χ2n) is 7.84. The largest absolute Gasteiger partial charge is 0.370 e. The molecule has 0 spiro atoms. The van der Waals surface area contributed by atoms with Crippen molar-refractivity contribution in [3.8, 4) is 0 Å². The number of ether oxygens (including phenoxy) is 1. The lowest BCUT2D eigenvalue weighted by atomic mass is 10.0. The number of quaternary nitrogens is 1. The first-order valence-electron chi connectivity index (χ1n) is 10.3. The summed E-state index contributed by atoms with van der Waals surface area (Å²) in [7, 11) is 0. The molecule has 2 N–H and O–H groups in total. The average Bonchev–Trinajstić information content (AvgIpc) is 3.00. The SMILES string of the molecule is Cc1ccc([C@@H](C[NH+]2CCOCC2)NC(=O)CN2C(=O)c3ccccc3C2=O)cc1. The molecule has 2 aliphatic rings. The number of aryl methyl sites for hydroxylation is 1. The topological polar surface area (TPSA) is 80.2 Å². The second-order valence-corrected chi connectivity index (χ2v) is 7.84. The van der Waals surface area contributed by atoms with Gasteiger partial charge in [0, 0.05) is 0 Å². The minimum Gasteiger partial charge on any atom is -0.370 e. The van der Waals surface area contributed by atoms with Crippen LogP contribution in [-0.4, -0.2) is 62.0 Å². The van der Waals surface area contributed by atoms with Gasteiger partial charge in [-0.15, -0.1) is 0 Å². The van der Waals surface area contributed by atoms with Crippen LogP contribution in [-0.2, 0) is 9.53 Å². The predicted molar refractivity (Wildman–Crippen MR) is 110 cm³/mol. The standard InChI is InChI=1S/C23H25N3O4/c1-16-6-8-17(9-7-16)20(14-25-10-12-30-13-11-25)24-21(27)15-26-22(28)18-4-2-3-5-19(18)23(26)29/h2-9,20H,10-15H2,1H3,(H,24,27)/p+1/t20-/m1/s1. The van der Waals surface area contributed by atoms with E-state index in [4.69, 9.17) is 4.74 Å². The zero-order valence-electron chi connectivity index (χ0n) is 17.0. The van der Waals surface area contributed by atoms with Crippen molar-refractivity contribution in [2.24, 2.45) is 0 Å². The molecular formula is C23H26N3O4+. The van der Waals surface area contributed by atoms with E-state index in [1.165, 1.54) is 4.90 Å². The number of benzene rings is 2. The number of fused-ring (bicyclic) bond motifs is 1. The van der Waals surface area contributed by atoms with Crippen LogP contribution in [0.4, 0.5) is 0 Å². The van der Waals surface area contributed by atoms with Crippen molar-refractivity contribution in [1.29, 1.82) is 0 Å². The van der Waals surface area contributed by atoms with Gasteiger partial charge in [0.1, 0.15) is 32.2 Å². The number of nitrogens with zero attached hydrogens (tertiary/aromatic N) is 1. The zero-order valence-corrected chi connectivity index (χ0v) is 17.0. The molecule has 0 aromatic heterocycles. The van der Waals surface area contributed by atoms with Crippen LogP contribution in [0.3, 0.4) is 0 Å². The van der Waals surface area contributed by atoms with E-state index in [1.807, 2.05) is 31.2 Å². The molecule has 0 bridgehead atoms. The fourth-order valence-electron chi connectivity index (χ4n) is 3.97. The molecule has 2 aromatic rings. The van der Waals surface area contributed by atoms with Gasteiger partial charge < -0.3 is 15.0 Å². The van der Waals surface area contributed by atoms with Crippen LogP contribution < -0.4 is 10.2 Å². The summed E-state index contributed by atoms with van der Waals surface area (Å²) in [6, 6.07) is 14.5. The Kier molecular flexibility index (Phi) is 5.92. The fourth-order valence-corrected chi connectivity index (χ4v) is 3.97. The molecule has 0 unspecified atom stereocenters. The number of morpholine rings is 1. The van der Waals surface area contributed by atoms with E-state index in [9.17, 15) is 14.4 Å². The molecule has 0 aliphatic carbocycles. The molecule has 7 heteroatoms. The van der Waals surface area contributed by atoms with Crippen LogP contribution in [0, 0.1) is 6.92 Å². The fraction of sp³-hybridized carbons (Fsp3) is 0.348. The number of nitrogens with one attached hydrogen (secondary N) is 2. The molecule has 4 rings (SSSR count). The lowest BCUT2D eigenvalue weighted by Gasteiger charge is -2.29. The van der Waals surface area contributed by atoms with Crippen LogP contribution in [0.25, 0.3) is 0 Å². The van der Waals surface area contributed by atoms with E-state index in [1.54, 1.807) is 24.3 Å². The van der Waals surface area contributed by atoms with Gasteiger partial charge in [-0.25, -0.2) is 0 Å². The molecule has 1 saturated heterocycles. The number of hydrogen-bond acceptors (Lipinski definition) is 4. The molecule has 2 aromatic carbocycles. The molecule has 2 heterocycles. The highest BCUT2D eigenvalue weighted by molar-refractivity contribution is 6.22. The van der Waals surface area contributed by atoms with Gasteiger partial charge in [-0.05, 0) is 24.6 Å². The summed E-state index contributed by atoms with van der Waals surface area (Å²) in [5.74, 6) is -1.18. The number of carbonyl (C=O) groups is 3. The van der Waals surface area contributed by atoms with E-state index in [0.717, 1.165) is 35.7 Å². The van der Waals surface area contributed by atoms with Crippen LogP contribution in [0.1, 0.15) is 37.9 Å². The number of carbonyl (C=O) groups excluding carboxylic acids is 3. The number of hydrogen-bond donors (Lipinski definition) is 2. The Labute approximate surface area is 175 Å². The summed E-state index contributed by atoms with van der Waals surface area (Å²) in [6.45, 7) is 5.64. The Balaban J connectivity index is 1.47. The summed E-state index contributed by atoms with van der Waals surface area (Å²) in [5.41, 5.74) is 2.86. The van der Waals surface area contributed by atoms with Gasteiger partial charge in [-0.2, -0.15) is 0 Å². The molecule has 0 radical (unpaired) electrons. The van der Waals surface area contributed by atoms with E-state index < -0.39 is 11.8 Å². The maximum atomic E-state index is 12.8. The first-order valence-corrected chi connectivity index (χ1v) is 10.3. The third-order valence-corrected chi connectivity index (χ3v) is 5.69. The Bertz CT molecular complexity index is 916. The smallest absolute Gasteiger partial charge is 0.262 e. The van der Waals surface area contributed by atoms with Crippen LogP contribution in [0.2, 0.25) is 0 Å². The number of imide groups is 1. The molecule has 3 amide bonds. The van der Waals surface area contributed by atoms with Crippen molar-refractivity contribution in [1.82, 2.24) is 10.2 Å². The first kappa shape index (κ1) is 20.3.